The molecule has 0 atom stereocenters. The highest BCUT2D eigenvalue weighted by atomic mass is 32.2. The van der Waals surface area contributed by atoms with Gasteiger partial charge in [0.2, 0.25) is 0 Å². The number of hydrogen-bond acceptors (Lipinski definition) is 6. The highest BCUT2D eigenvalue weighted by Crippen LogP contribution is 2.39. The van der Waals surface area contributed by atoms with Crippen molar-refractivity contribution in [3.8, 4) is 10.4 Å². The van der Waals surface area contributed by atoms with Crippen molar-refractivity contribution in [3.05, 3.63) is 29.5 Å². The molecule has 1 amide bonds. The highest BCUT2D eigenvalue weighted by Gasteiger charge is 2.36. The summed E-state index contributed by atoms with van der Waals surface area (Å²) in [6.45, 7) is 1.39. The molecule has 0 unspecified atom stereocenters. The van der Waals surface area contributed by atoms with Crippen molar-refractivity contribution in [2.24, 2.45) is 0 Å². The van der Waals surface area contributed by atoms with E-state index in [1.54, 1.807) is 6.92 Å². The Balaban J connectivity index is 2.50. The van der Waals surface area contributed by atoms with E-state index in [9.17, 15) is 26.4 Å². The molecule has 1 N–H and O–H groups in total. The fourth-order valence-corrected chi connectivity index (χ4v) is 4.09. The molecule has 0 bridgehead atoms. The second-order valence-electron chi connectivity index (χ2n) is 5.40. The summed E-state index contributed by atoms with van der Waals surface area (Å²) in [6.07, 6.45) is -4.11. The van der Waals surface area contributed by atoms with E-state index in [4.69, 9.17) is 0 Å². The molecular formula is C15H15F3N2O4S2. The number of carbonyl (C=O) groups is 1. The summed E-state index contributed by atoms with van der Waals surface area (Å²) in [7, 11) is -2.70. The molecule has 1 aromatic heterocycles. The van der Waals surface area contributed by atoms with E-state index in [1.165, 1.54) is 13.2 Å². The number of nitrogens with zero attached hydrogens (tertiary/aromatic N) is 1. The van der Waals surface area contributed by atoms with Gasteiger partial charge in [0.1, 0.15) is 6.61 Å². The smallest absolute Gasteiger partial charge is 0.375 e. The number of alkyl halides is 3. The Bertz CT molecular complexity index is 937. The van der Waals surface area contributed by atoms with Gasteiger partial charge in [-0.05, 0) is 24.6 Å². The number of carbonyl (C=O) groups excluding carboxylic acids is 1. The standard InChI is InChI=1S/C15H15F3N2O4S2/c1-8-13(25-14(19-8)20-12(21)7-24-2)9-4-5-11(26(3,22)23)10(6-9)15(16,17)18/h4-6H,7H2,1-3H3,(H,19,20,21). The lowest BCUT2D eigenvalue weighted by atomic mass is 10.1. The number of amides is 1. The van der Waals surface area contributed by atoms with Crippen LogP contribution >= 0.6 is 11.3 Å². The average Bonchev–Trinajstić information content (AvgIpc) is 2.85. The van der Waals surface area contributed by atoms with Crippen molar-refractivity contribution in [2.45, 2.75) is 18.0 Å². The van der Waals surface area contributed by atoms with E-state index in [1.807, 2.05) is 0 Å². The molecule has 0 aliphatic rings. The van der Waals surface area contributed by atoms with Gasteiger partial charge >= 0.3 is 6.18 Å². The van der Waals surface area contributed by atoms with Crippen molar-refractivity contribution in [3.63, 3.8) is 0 Å². The maximum atomic E-state index is 13.3. The molecule has 11 heteroatoms. The van der Waals surface area contributed by atoms with Crippen molar-refractivity contribution in [1.29, 1.82) is 0 Å². The number of benzene rings is 1. The number of aromatic nitrogens is 1. The Morgan fingerprint density at radius 3 is 2.54 bits per heavy atom. The predicted molar refractivity (Wildman–Crippen MR) is 90.9 cm³/mol. The Kier molecular flexibility index (Phi) is 5.73. The molecule has 2 aromatic rings. The first kappa shape index (κ1) is 20.3. The second kappa shape index (κ2) is 7.33. The predicted octanol–water partition coefficient (Wildman–Crippen LogP) is 3.13. The Hall–Kier alpha value is -1.98. The SMILES string of the molecule is COCC(=O)Nc1nc(C)c(-c2ccc(S(C)(=O)=O)c(C(F)(F)F)c2)s1. The van der Waals surface area contributed by atoms with Crippen LogP contribution in [0.25, 0.3) is 10.4 Å². The summed E-state index contributed by atoms with van der Waals surface area (Å²) in [5.74, 6) is -0.448. The lowest BCUT2D eigenvalue weighted by Gasteiger charge is -2.13. The monoisotopic (exact) mass is 408 g/mol. The normalized spacial score (nSPS) is 12.2. The summed E-state index contributed by atoms with van der Waals surface area (Å²) in [6, 6.07) is 2.99. The molecule has 0 fully saturated rings. The summed E-state index contributed by atoms with van der Waals surface area (Å²) in [4.78, 5) is 15.2. The second-order valence-corrected chi connectivity index (χ2v) is 8.38. The summed E-state index contributed by atoms with van der Waals surface area (Å²) < 4.78 is 67.8. The number of hydrogen-bond donors (Lipinski definition) is 1. The van der Waals surface area contributed by atoms with E-state index in [0.717, 1.165) is 29.7 Å². The van der Waals surface area contributed by atoms with E-state index in [2.05, 4.69) is 15.0 Å². The van der Waals surface area contributed by atoms with Crippen LogP contribution in [0.5, 0.6) is 0 Å². The number of sulfone groups is 1. The third kappa shape index (κ3) is 4.59. The van der Waals surface area contributed by atoms with Crippen LogP contribution in [-0.4, -0.2) is 39.3 Å². The molecule has 6 nitrogen and oxygen atoms in total. The number of rotatable bonds is 5. The van der Waals surface area contributed by atoms with Crippen LogP contribution in [0.15, 0.2) is 23.1 Å². The van der Waals surface area contributed by atoms with Crippen molar-refractivity contribution < 1.29 is 31.1 Å². The van der Waals surface area contributed by atoms with E-state index in [-0.39, 0.29) is 17.3 Å². The minimum Gasteiger partial charge on any atom is -0.375 e. The first-order valence-corrected chi connectivity index (χ1v) is 9.82. The summed E-state index contributed by atoms with van der Waals surface area (Å²) >= 11 is 0.984. The van der Waals surface area contributed by atoms with Gasteiger partial charge in [-0.25, -0.2) is 13.4 Å². The topological polar surface area (TPSA) is 85.4 Å². The van der Waals surface area contributed by atoms with Gasteiger partial charge in [0.15, 0.2) is 15.0 Å². The Morgan fingerprint density at radius 1 is 1.35 bits per heavy atom. The lowest BCUT2D eigenvalue weighted by Crippen LogP contribution is -2.16. The van der Waals surface area contributed by atoms with Gasteiger partial charge < -0.3 is 4.74 Å². The molecule has 0 saturated heterocycles. The molecule has 0 aliphatic carbocycles. The molecule has 1 aromatic carbocycles. The molecule has 0 spiro atoms. The number of anilines is 1. The van der Waals surface area contributed by atoms with Gasteiger partial charge in [0.05, 0.1) is 21.0 Å². The minimum atomic E-state index is -4.83. The number of halogens is 3. The first-order valence-electron chi connectivity index (χ1n) is 7.11. The van der Waals surface area contributed by atoms with E-state index >= 15 is 0 Å². The summed E-state index contributed by atoms with van der Waals surface area (Å²) in [5, 5.41) is 2.69. The van der Waals surface area contributed by atoms with Gasteiger partial charge in [-0.1, -0.05) is 17.4 Å². The number of thiazole rings is 1. The van der Waals surface area contributed by atoms with E-state index < -0.39 is 32.4 Å². The van der Waals surface area contributed by atoms with Gasteiger partial charge in [0, 0.05) is 13.4 Å². The molecule has 0 aliphatic heterocycles. The fraction of sp³-hybridized carbons (Fsp3) is 0.333. The zero-order valence-electron chi connectivity index (χ0n) is 14.0. The zero-order chi connectivity index (χ0) is 19.7. The number of nitrogens with one attached hydrogen (secondary N) is 1. The minimum absolute atomic E-state index is 0.159. The van der Waals surface area contributed by atoms with Crippen molar-refractivity contribution >= 4 is 32.2 Å². The number of ether oxygens (including phenoxy) is 1. The molecule has 26 heavy (non-hydrogen) atoms. The summed E-state index contributed by atoms with van der Waals surface area (Å²) in [5.41, 5.74) is -0.676. The quantitative estimate of drug-likeness (QED) is 0.822. The maximum absolute atomic E-state index is 13.3. The van der Waals surface area contributed by atoms with Crippen LogP contribution in [0.4, 0.5) is 18.3 Å². The van der Waals surface area contributed by atoms with Gasteiger partial charge in [0.25, 0.3) is 5.91 Å². The number of methoxy groups -OCH3 is 1. The molecular weight excluding hydrogens is 393 g/mol. The average molecular weight is 408 g/mol. The molecule has 2 rings (SSSR count). The third-order valence-electron chi connectivity index (χ3n) is 3.27. The molecule has 1 heterocycles. The van der Waals surface area contributed by atoms with E-state index in [0.29, 0.717) is 10.6 Å². The maximum Gasteiger partial charge on any atom is 0.417 e. The molecule has 0 saturated carbocycles. The number of aryl methyl sites for hydroxylation is 1. The zero-order valence-corrected chi connectivity index (χ0v) is 15.6. The van der Waals surface area contributed by atoms with Gasteiger partial charge in [-0.2, -0.15) is 13.2 Å². The van der Waals surface area contributed by atoms with Crippen molar-refractivity contribution in [1.82, 2.24) is 4.98 Å². The van der Waals surface area contributed by atoms with Crippen molar-refractivity contribution in [2.75, 3.05) is 25.3 Å². The Labute approximate surface area is 151 Å². The van der Waals surface area contributed by atoms with Crippen LogP contribution in [0.2, 0.25) is 0 Å². The van der Waals surface area contributed by atoms with Crippen LogP contribution in [0.3, 0.4) is 0 Å². The largest absolute Gasteiger partial charge is 0.417 e. The fourth-order valence-electron chi connectivity index (χ4n) is 2.22. The molecule has 142 valence electrons. The van der Waals surface area contributed by atoms with Crippen LogP contribution in [0.1, 0.15) is 11.3 Å². The van der Waals surface area contributed by atoms with Crippen LogP contribution in [0, 0.1) is 6.92 Å². The highest BCUT2D eigenvalue weighted by molar-refractivity contribution is 7.90. The van der Waals surface area contributed by atoms with Gasteiger partial charge in [-0.3, -0.25) is 10.1 Å². The van der Waals surface area contributed by atoms with Crippen LogP contribution in [-0.2, 0) is 25.5 Å². The van der Waals surface area contributed by atoms with Gasteiger partial charge in [-0.15, -0.1) is 0 Å². The molecule has 0 radical (unpaired) electrons. The lowest BCUT2D eigenvalue weighted by molar-refractivity contribution is -0.139. The van der Waals surface area contributed by atoms with Crippen LogP contribution < -0.4 is 5.32 Å². The Morgan fingerprint density at radius 2 is 2.00 bits per heavy atom. The first-order chi connectivity index (χ1) is 11.9. The third-order valence-corrected chi connectivity index (χ3v) is 5.54.